The van der Waals surface area contributed by atoms with Crippen LogP contribution in [0, 0.1) is 11.7 Å². The Labute approximate surface area is 116 Å². The average molecular weight is 284 g/mol. The first-order valence-electron chi connectivity index (χ1n) is 5.91. The minimum atomic E-state index is -1.06. The number of thioether (sulfide) groups is 1. The Morgan fingerprint density at radius 1 is 1.53 bits per heavy atom. The summed E-state index contributed by atoms with van der Waals surface area (Å²) < 4.78 is 13.7. The first-order valence-corrected chi connectivity index (χ1v) is 7.06. The maximum absolute atomic E-state index is 13.7. The summed E-state index contributed by atoms with van der Waals surface area (Å²) in [4.78, 5) is 10.4. The van der Waals surface area contributed by atoms with Crippen LogP contribution in [0.5, 0.6) is 0 Å². The molecule has 0 aliphatic heterocycles. The minimum absolute atomic E-state index is 0.133. The Bertz CT molecular complexity index is 460. The summed E-state index contributed by atoms with van der Waals surface area (Å²) in [6.07, 6.45) is 2.34. The minimum Gasteiger partial charge on any atom is -0.478 e. The van der Waals surface area contributed by atoms with Gasteiger partial charge in [0.25, 0.3) is 0 Å². The number of hydrogen-bond acceptors (Lipinski definition) is 3. The van der Waals surface area contributed by atoms with E-state index < -0.39 is 5.97 Å². The second-order valence-electron chi connectivity index (χ2n) is 4.33. The van der Waals surface area contributed by atoms with Crippen LogP contribution in [-0.2, 0) is 10.5 Å². The molecule has 0 spiro atoms. The van der Waals surface area contributed by atoms with Crippen molar-refractivity contribution in [2.45, 2.75) is 12.7 Å². The smallest absolute Gasteiger partial charge is 0.328 e. The zero-order chi connectivity index (χ0) is 14.3. The number of hydrogen-bond donors (Lipinski definition) is 2. The number of carboxylic acids is 1. The lowest BCUT2D eigenvalue weighted by atomic mass is 10.1. The first-order chi connectivity index (χ1) is 9.02. The molecule has 0 radical (unpaired) electrons. The highest BCUT2D eigenvalue weighted by Gasteiger charge is 2.05. The van der Waals surface area contributed by atoms with Gasteiger partial charge in [-0.2, -0.15) is 11.8 Å². The Kier molecular flexibility index (Phi) is 6.59. The van der Waals surface area contributed by atoms with E-state index in [0.29, 0.717) is 16.9 Å². The predicted molar refractivity (Wildman–Crippen MR) is 75.5 cm³/mol. The highest BCUT2D eigenvalue weighted by atomic mass is 32.2. The summed E-state index contributed by atoms with van der Waals surface area (Å²) in [6, 6.07) is 4.67. The predicted octanol–water partition coefficient (Wildman–Crippen LogP) is 2.79. The zero-order valence-corrected chi connectivity index (χ0v) is 11.5. The van der Waals surface area contributed by atoms with Gasteiger partial charge in [-0.25, -0.2) is 9.18 Å². The summed E-state index contributed by atoms with van der Waals surface area (Å²) in [7, 11) is 0. The molecule has 0 heterocycles. The van der Waals surface area contributed by atoms with Crippen LogP contribution >= 0.6 is 11.8 Å². The van der Waals surface area contributed by atoms with E-state index in [4.69, 9.17) is 10.2 Å². The normalized spacial score (nSPS) is 12.8. The van der Waals surface area contributed by atoms with Gasteiger partial charge in [0.1, 0.15) is 5.82 Å². The SMILES string of the molecule is CC(CO)CSCc1ccc(C=CC(=O)O)cc1F. The molecule has 1 aromatic carbocycles. The summed E-state index contributed by atoms with van der Waals surface area (Å²) in [5, 5.41) is 17.4. The Morgan fingerprint density at radius 2 is 2.26 bits per heavy atom. The molecular weight excluding hydrogens is 267 g/mol. The zero-order valence-electron chi connectivity index (χ0n) is 10.7. The van der Waals surface area contributed by atoms with Crippen molar-refractivity contribution in [2.24, 2.45) is 5.92 Å². The highest BCUT2D eigenvalue weighted by Crippen LogP contribution is 2.19. The van der Waals surface area contributed by atoms with Gasteiger partial charge in [0, 0.05) is 18.4 Å². The van der Waals surface area contributed by atoms with Crippen LogP contribution in [0.25, 0.3) is 6.08 Å². The van der Waals surface area contributed by atoms with E-state index in [1.165, 1.54) is 12.1 Å². The third-order valence-corrected chi connectivity index (χ3v) is 3.79. The van der Waals surface area contributed by atoms with Crippen molar-refractivity contribution in [3.63, 3.8) is 0 Å². The second kappa shape index (κ2) is 7.96. The van der Waals surface area contributed by atoms with Crippen molar-refractivity contribution in [3.8, 4) is 0 Å². The third-order valence-electron chi connectivity index (χ3n) is 2.47. The molecule has 1 aromatic rings. The molecule has 0 amide bonds. The lowest BCUT2D eigenvalue weighted by Gasteiger charge is -2.08. The molecule has 0 aliphatic rings. The topological polar surface area (TPSA) is 57.5 Å². The van der Waals surface area contributed by atoms with Crippen LogP contribution in [0.2, 0.25) is 0 Å². The van der Waals surface area contributed by atoms with Gasteiger partial charge in [0.05, 0.1) is 0 Å². The molecule has 104 valence electrons. The van der Waals surface area contributed by atoms with E-state index in [0.717, 1.165) is 11.8 Å². The summed E-state index contributed by atoms with van der Waals surface area (Å²) in [6.45, 7) is 2.07. The number of carbonyl (C=O) groups is 1. The Balaban J connectivity index is 2.59. The monoisotopic (exact) mass is 284 g/mol. The van der Waals surface area contributed by atoms with E-state index in [9.17, 15) is 9.18 Å². The highest BCUT2D eigenvalue weighted by molar-refractivity contribution is 7.98. The van der Waals surface area contributed by atoms with Crippen LogP contribution in [0.3, 0.4) is 0 Å². The summed E-state index contributed by atoms with van der Waals surface area (Å²) in [5.74, 6) is 0.121. The molecule has 1 rings (SSSR count). The van der Waals surface area contributed by atoms with Crippen molar-refractivity contribution in [3.05, 3.63) is 41.2 Å². The maximum Gasteiger partial charge on any atom is 0.328 e. The maximum atomic E-state index is 13.7. The average Bonchev–Trinajstić information content (AvgIpc) is 2.38. The lowest BCUT2D eigenvalue weighted by molar-refractivity contribution is -0.131. The van der Waals surface area contributed by atoms with Gasteiger partial charge in [-0.15, -0.1) is 0 Å². The largest absolute Gasteiger partial charge is 0.478 e. The van der Waals surface area contributed by atoms with Crippen LogP contribution in [0.1, 0.15) is 18.1 Å². The van der Waals surface area contributed by atoms with Crippen LogP contribution in [0.15, 0.2) is 24.3 Å². The van der Waals surface area contributed by atoms with Gasteiger partial charge >= 0.3 is 5.97 Å². The molecule has 5 heteroatoms. The van der Waals surface area contributed by atoms with Crippen molar-refractivity contribution >= 4 is 23.8 Å². The van der Waals surface area contributed by atoms with Crippen molar-refractivity contribution in [2.75, 3.05) is 12.4 Å². The van der Waals surface area contributed by atoms with E-state index in [1.807, 2.05) is 6.92 Å². The van der Waals surface area contributed by atoms with Crippen molar-refractivity contribution in [1.29, 1.82) is 0 Å². The number of aliphatic hydroxyl groups is 1. The van der Waals surface area contributed by atoms with E-state index in [1.54, 1.807) is 23.9 Å². The molecule has 2 N–H and O–H groups in total. The van der Waals surface area contributed by atoms with E-state index in [-0.39, 0.29) is 18.3 Å². The summed E-state index contributed by atoms with van der Waals surface area (Å²) >= 11 is 1.57. The fourth-order valence-corrected chi connectivity index (χ4v) is 2.45. The molecule has 19 heavy (non-hydrogen) atoms. The molecule has 1 unspecified atom stereocenters. The van der Waals surface area contributed by atoms with Crippen LogP contribution < -0.4 is 0 Å². The number of carboxylic acid groups (broad SMARTS) is 1. The molecule has 0 aliphatic carbocycles. The lowest BCUT2D eigenvalue weighted by Crippen LogP contribution is -2.03. The standard InChI is InChI=1S/C14H17FO3S/c1-10(7-16)8-19-9-12-4-2-11(6-13(12)15)3-5-14(17)18/h2-6,10,16H,7-9H2,1H3,(H,17,18). The van der Waals surface area contributed by atoms with Crippen LogP contribution in [0.4, 0.5) is 4.39 Å². The molecule has 1 atom stereocenters. The molecule has 0 saturated heterocycles. The first kappa shape index (κ1) is 15.7. The van der Waals surface area contributed by atoms with Crippen LogP contribution in [-0.4, -0.2) is 28.5 Å². The van der Waals surface area contributed by atoms with Gasteiger partial charge < -0.3 is 10.2 Å². The molecule has 0 fully saturated rings. The van der Waals surface area contributed by atoms with E-state index in [2.05, 4.69) is 0 Å². The fraction of sp³-hybridized carbons (Fsp3) is 0.357. The third kappa shape index (κ3) is 5.89. The van der Waals surface area contributed by atoms with E-state index >= 15 is 0 Å². The molecule has 3 nitrogen and oxygen atoms in total. The fourth-order valence-electron chi connectivity index (χ4n) is 1.37. The van der Waals surface area contributed by atoms with Crippen molar-refractivity contribution in [1.82, 2.24) is 0 Å². The van der Waals surface area contributed by atoms with Gasteiger partial charge in [-0.3, -0.25) is 0 Å². The number of aliphatic carboxylic acids is 1. The Morgan fingerprint density at radius 3 is 2.84 bits per heavy atom. The second-order valence-corrected chi connectivity index (χ2v) is 5.36. The van der Waals surface area contributed by atoms with Crippen molar-refractivity contribution < 1.29 is 19.4 Å². The van der Waals surface area contributed by atoms with Gasteiger partial charge in [0.15, 0.2) is 0 Å². The number of rotatable bonds is 7. The quantitative estimate of drug-likeness (QED) is 0.756. The summed E-state index contributed by atoms with van der Waals surface area (Å²) in [5.41, 5.74) is 1.11. The molecular formula is C14H17FO3S. The number of halogens is 1. The molecule has 0 saturated carbocycles. The number of benzene rings is 1. The number of aliphatic hydroxyl groups excluding tert-OH is 1. The molecule has 0 bridgehead atoms. The van der Waals surface area contributed by atoms with Gasteiger partial charge in [-0.1, -0.05) is 19.1 Å². The van der Waals surface area contributed by atoms with Gasteiger partial charge in [0.2, 0.25) is 0 Å². The Hall–Kier alpha value is -1.33. The van der Waals surface area contributed by atoms with Gasteiger partial charge in [-0.05, 0) is 34.9 Å². The molecule has 0 aromatic heterocycles.